The number of benzene rings is 2. The molecule has 0 N–H and O–H groups in total. The van der Waals surface area contributed by atoms with E-state index in [-0.39, 0.29) is 11.7 Å². The van der Waals surface area contributed by atoms with Crippen LogP contribution >= 0.6 is 0 Å². The largest absolute Gasteiger partial charge is 0.494 e. The van der Waals surface area contributed by atoms with Gasteiger partial charge in [0.2, 0.25) is 0 Å². The maximum absolute atomic E-state index is 13.7. The van der Waals surface area contributed by atoms with Crippen LogP contribution in [-0.2, 0) is 4.79 Å². The second-order valence-electron chi connectivity index (χ2n) is 4.83. The van der Waals surface area contributed by atoms with Crippen LogP contribution in [0, 0.1) is 5.82 Å². The van der Waals surface area contributed by atoms with Crippen LogP contribution in [0.3, 0.4) is 0 Å². The van der Waals surface area contributed by atoms with Crippen LogP contribution in [0.2, 0.25) is 0 Å². The summed E-state index contributed by atoms with van der Waals surface area (Å²) in [6, 6.07) is 12.2. The van der Waals surface area contributed by atoms with Gasteiger partial charge in [0.05, 0.1) is 12.8 Å². The highest BCUT2D eigenvalue weighted by Crippen LogP contribution is 2.36. The van der Waals surface area contributed by atoms with E-state index in [2.05, 4.69) is 0 Å². The summed E-state index contributed by atoms with van der Waals surface area (Å²) in [5, 5.41) is 0. The number of anilines is 1. The minimum Gasteiger partial charge on any atom is -0.494 e. The number of ether oxygens (including phenoxy) is 1. The third kappa shape index (κ3) is 2.18. The van der Waals surface area contributed by atoms with Crippen LogP contribution in [0.1, 0.15) is 11.1 Å². The zero-order valence-electron chi connectivity index (χ0n) is 11.8. The Morgan fingerprint density at radius 2 is 1.95 bits per heavy atom. The van der Waals surface area contributed by atoms with Crippen molar-refractivity contribution in [2.75, 3.05) is 19.1 Å². The van der Waals surface area contributed by atoms with Crippen molar-refractivity contribution in [1.82, 2.24) is 0 Å². The van der Waals surface area contributed by atoms with E-state index in [0.29, 0.717) is 11.1 Å². The molecule has 2 aromatic rings. The van der Waals surface area contributed by atoms with Gasteiger partial charge >= 0.3 is 0 Å². The van der Waals surface area contributed by atoms with Gasteiger partial charge in [0, 0.05) is 18.2 Å². The number of carbonyl (C=O) groups is 1. The van der Waals surface area contributed by atoms with Gasteiger partial charge in [0.1, 0.15) is 0 Å². The monoisotopic (exact) mass is 283 g/mol. The SMILES string of the molecule is COc1ccc(C=C2C(=O)N(C)c3ccccc32)cc1F. The maximum Gasteiger partial charge on any atom is 0.258 e. The van der Waals surface area contributed by atoms with Crippen molar-refractivity contribution in [1.29, 1.82) is 0 Å². The van der Waals surface area contributed by atoms with E-state index in [1.807, 2.05) is 24.3 Å². The number of carbonyl (C=O) groups excluding carboxylic acids is 1. The number of halogens is 1. The summed E-state index contributed by atoms with van der Waals surface area (Å²) >= 11 is 0. The van der Waals surface area contributed by atoms with Gasteiger partial charge in [-0.2, -0.15) is 0 Å². The number of nitrogens with zero attached hydrogens (tertiary/aromatic N) is 1. The lowest BCUT2D eigenvalue weighted by atomic mass is 10.0. The Morgan fingerprint density at radius 3 is 2.67 bits per heavy atom. The van der Waals surface area contributed by atoms with Crippen LogP contribution in [0.5, 0.6) is 5.75 Å². The number of amides is 1. The van der Waals surface area contributed by atoms with Crippen LogP contribution in [0.4, 0.5) is 10.1 Å². The number of methoxy groups -OCH3 is 1. The number of hydrogen-bond acceptors (Lipinski definition) is 2. The number of hydrogen-bond donors (Lipinski definition) is 0. The molecule has 0 saturated carbocycles. The lowest BCUT2D eigenvalue weighted by Gasteiger charge is -2.08. The second-order valence-corrected chi connectivity index (χ2v) is 4.83. The molecule has 0 radical (unpaired) electrons. The van der Waals surface area contributed by atoms with Gasteiger partial charge in [-0.25, -0.2) is 4.39 Å². The third-order valence-corrected chi connectivity index (χ3v) is 3.58. The molecule has 106 valence electrons. The molecule has 1 aliphatic rings. The topological polar surface area (TPSA) is 29.5 Å². The van der Waals surface area contributed by atoms with Crippen molar-refractivity contribution in [2.45, 2.75) is 0 Å². The fraction of sp³-hybridized carbons (Fsp3) is 0.118. The fourth-order valence-corrected chi connectivity index (χ4v) is 2.48. The smallest absolute Gasteiger partial charge is 0.258 e. The molecule has 1 aliphatic heterocycles. The summed E-state index contributed by atoms with van der Waals surface area (Å²) in [7, 11) is 3.15. The standard InChI is InChI=1S/C17H14FNO2/c1-19-15-6-4-3-5-12(15)13(17(19)20)9-11-7-8-16(21-2)14(18)10-11/h3-10H,1-2H3. The van der Waals surface area contributed by atoms with E-state index >= 15 is 0 Å². The Bertz CT molecular complexity index is 752. The molecule has 1 amide bonds. The number of rotatable bonds is 2. The lowest BCUT2D eigenvalue weighted by molar-refractivity contribution is -0.112. The van der Waals surface area contributed by atoms with E-state index < -0.39 is 5.82 Å². The van der Waals surface area contributed by atoms with Crippen LogP contribution < -0.4 is 9.64 Å². The van der Waals surface area contributed by atoms with Gasteiger partial charge in [-0.05, 0) is 29.8 Å². The molecule has 1 heterocycles. The molecule has 0 aliphatic carbocycles. The number of likely N-dealkylation sites (N-methyl/N-ethyl adjacent to an activating group) is 1. The van der Waals surface area contributed by atoms with Crippen molar-refractivity contribution < 1.29 is 13.9 Å². The molecule has 0 unspecified atom stereocenters. The average molecular weight is 283 g/mol. The molecule has 4 heteroatoms. The van der Waals surface area contributed by atoms with E-state index in [0.717, 1.165) is 11.3 Å². The van der Waals surface area contributed by atoms with Crippen LogP contribution in [0.25, 0.3) is 11.6 Å². The highest BCUT2D eigenvalue weighted by atomic mass is 19.1. The Hall–Kier alpha value is -2.62. The van der Waals surface area contributed by atoms with E-state index in [1.54, 1.807) is 30.2 Å². The fourth-order valence-electron chi connectivity index (χ4n) is 2.48. The predicted octanol–water partition coefficient (Wildman–Crippen LogP) is 3.35. The zero-order chi connectivity index (χ0) is 15.0. The molecule has 2 aromatic carbocycles. The first-order valence-electron chi connectivity index (χ1n) is 6.54. The number of fused-ring (bicyclic) bond motifs is 1. The van der Waals surface area contributed by atoms with Gasteiger partial charge in [0.25, 0.3) is 5.91 Å². The first kappa shape index (κ1) is 13.4. The van der Waals surface area contributed by atoms with Gasteiger partial charge in [-0.1, -0.05) is 24.3 Å². The first-order chi connectivity index (χ1) is 10.1. The quantitative estimate of drug-likeness (QED) is 0.791. The third-order valence-electron chi connectivity index (χ3n) is 3.58. The summed E-state index contributed by atoms with van der Waals surface area (Å²) in [6.07, 6.45) is 1.70. The van der Waals surface area contributed by atoms with E-state index in [9.17, 15) is 9.18 Å². The highest BCUT2D eigenvalue weighted by Gasteiger charge is 2.28. The summed E-state index contributed by atoms with van der Waals surface area (Å²) in [6.45, 7) is 0. The Morgan fingerprint density at radius 1 is 1.19 bits per heavy atom. The summed E-state index contributed by atoms with van der Waals surface area (Å²) in [4.78, 5) is 13.9. The van der Waals surface area contributed by atoms with Gasteiger partial charge in [-0.15, -0.1) is 0 Å². The minimum atomic E-state index is -0.445. The number of para-hydroxylation sites is 1. The maximum atomic E-state index is 13.7. The normalized spacial score (nSPS) is 15.5. The molecule has 21 heavy (non-hydrogen) atoms. The molecule has 0 fully saturated rings. The van der Waals surface area contributed by atoms with Crippen molar-refractivity contribution in [3.05, 3.63) is 59.4 Å². The van der Waals surface area contributed by atoms with Crippen molar-refractivity contribution >= 4 is 23.2 Å². The molecule has 3 rings (SSSR count). The molecule has 0 bridgehead atoms. The summed E-state index contributed by atoms with van der Waals surface area (Å²) in [5.74, 6) is -0.348. The van der Waals surface area contributed by atoms with Gasteiger partial charge in [0.15, 0.2) is 11.6 Å². The Labute approximate surface area is 122 Å². The molecule has 0 saturated heterocycles. The van der Waals surface area contributed by atoms with Gasteiger partial charge in [-0.3, -0.25) is 4.79 Å². The molecule has 0 aromatic heterocycles. The minimum absolute atomic E-state index is 0.0903. The zero-order valence-corrected chi connectivity index (χ0v) is 11.8. The summed E-state index contributed by atoms with van der Waals surface area (Å²) in [5.41, 5.74) is 2.92. The molecular formula is C17H14FNO2. The molecule has 0 spiro atoms. The molecule has 3 nitrogen and oxygen atoms in total. The van der Waals surface area contributed by atoms with Crippen molar-refractivity contribution in [2.24, 2.45) is 0 Å². The lowest BCUT2D eigenvalue weighted by Crippen LogP contribution is -2.20. The van der Waals surface area contributed by atoms with Gasteiger partial charge < -0.3 is 9.64 Å². The van der Waals surface area contributed by atoms with E-state index in [4.69, 9.17) is 4.74 Å². The van der Waals surface area contributed by atoms with Crippen molar-refractivity contribution in [3.8, 4) is 5.75 Å². The van der Waals surface area contributed by atoms with E-state index in [1.165, 1.54) is 13.2 Å². The second kappa shape index (κ2) is 5.05. The first-order valence-corrected chi connectivity index (χ1v) is 6.54. The average Bonchev–Trinajstić information content (AvgIpc) is 2.73. The highest BCUT2D eigenvalue weighted by molar-refractivity contribution is 6.35. The molecule has 0 atom stereocenters. The molecular weight excluding hydrogens is 269 g/mol. The van der Waals surface area contributed by atoms with Crippen LogP contribution in [0.15, 0.2) is 42.5 Å². The van der Waals surface area contributed by atoms with Crippen LogP contribution in [-0.4, -0.2) is 20.1 Å². The predicted molar refractivity (Wildman–Crippen MR) is 80.7 cm³/mol. The summed E-state index contributed by atoms with van der Waals surface area (Å²) < 4.78 is 18.6. The Balaban J connectivity index is 2.08. The van der Waals surface area contributed by atoms with Crippen molar-refractivity contribution in [3.63, 3.8) is 0 Å². The Kier molecular flexibility index (Phi) is 3.22.